The predicted molar refractivity (Wildman–Crippen MR) is 76.1 cm³/mol. The highest BCUT2D eigenvalue weighted by molar-refractivity contribution is 5.44. The number of aryl methyl sites for hydroxylation is 1. The number of para-hydroxylation sites is 1. The first-order chi connectivity index (χ1) is 8.77. The number of nitrogens with one attached hydrogen (secondary N) is 1. The Kier molecular flexibility index (Phi) is 4.65. The lowest BCUT2D eigenvalue weighted by atomic mass is 9.88. The van der Waals surface area contributed by atoms with Gasteiger partial charge in [-0.25, -0.2) is 0 Å². The van der Waals surface area contributed by atoms with Crippen LogP contribution in [0.4, 0.5) is 0 Å². The van der Waals surface area contributed by atoms with Gasteiger partial charge in [0.25, 0.3) is 0 Å². The zero-order valence-electron chi connectivity index (χ0n) is 11.8. The topological polar surface area (TPSA) is 21.3 Å². The second-order valence-electron chi connectivity index (χ2n) is 5.32. The largest absolute Gasteiger partial charge is 0.493 e. The molecule has 0 fully saturated rings. The molecule has 1 N–H and O–H groups in total. The Balaban J connectivity index is 2.30. The molecule has 1 heterocycles. The van der Waals surface area contributed by atoms with Gasteiger partial charge in [-0.2, -0.15) is 0 Å². The van der Waals surface area contributed by atoms with Gasteiger partial charge in [-0.1, -0.05) is 38.5 Å². The van der Waals surface area contributed by atoms with Crippen LogP contribution in [0.25, 0.3) is 0 Å². The summed E-state index contributed by atoms with van der Waals surface area (Å²) in [6.45, 7) is 5.44. The highest BCUT2D eigenvalue weighted by atomic mass is 16.5. The van der Waals surface area contributed by atoms with E-state index in [1.165, 1.54) is 24.0 Å². The molecular formula is C16H25NO. The SMILES string of the molecule is CCCC(C)C(NC)c1cccc2c1OCCC2. The van der Waals surface area contributed by atoms with E-state index in [1.54, 1.807) is 0 Å². The van der Waals surface area contributed by atoms with Crippen LogP contribution < -0.4 is 10.1 Å². The monoisotopic (exact) mass is 247 g/mol. The van der Waals surface area contributed by atoms with E-state index in [0.717, 1.165) is 25.2 Å². The summed E-state index contributed by atoms with van der Waals surface area (Å²) >= 11 is 0. The summed E-state index contributed by atoms with van der Waals surface area (Å²) in [6, 6.07) is 7.00. The van der Waals surface area contributed by atoms with Crippen molar-refractivity contribution < 1.29 is 4.74 Å². The molecule has 1 aromatic carbocycles. The Hall–Kier alpha value is -1.02. The van der Waals surface area contributed by atoms with E-state index in [2.05, 4.69) is 44.4 Å². The quantitative estimate of drug-likeness (QED) is 0.856. The van der Waals surface area contributed by atoms with Gasteiger partial charge in [0.05, 0.1) is 6.61 Å². The van der Waals surface area contributed by atoms with Gasteiger partial charge in [-0.05, 0) is 37.8 Å². The summed E-state index contributed by atoms with van der Waals surface area (Å²) in [6.07, 6.45) is 4.78. The van der Waals surface area contributed by atoms with Gasteiger partial charge in [-0.3, -0.25) is 0 Å². The van der Waals surface area contributed by atoms with Crippen LogP contribution in [-0.4, -0.2) is 13.7 Å². The molecule has 0 radical (unpaired) electrons. The van der Waals surface area contributed by atoms with E-state index < -0.39 is 0 Å². The minimum Gasteiger partial charge on any atom is -0.493 e. The van der Waals surface area contributed by atoms with Gasteiger partial charge < -0.3 is 10.1 Å². The van der Waals surface area contributed by atoms with Crippen molar-refractivity contribution in [3.05, 3.63) is 29.3 Å². The lowest BCUT2D eigenvalue weighted by molar-refractivity contribution is 0.275. The molecule has 2 nitrogen and oxygen atoms in total. The van der Waals surface area contributed by atoms with Gasteiger partial charge >= 0.3 is 0 Å². The molecule has 2 atom stereocenters. The first kappa shape index (κ1) is 13.4. The summed E-state index contributed by atoms with van der Waals surface area (Å²) in [5.41, 5.74) is 2.72. The van der Waals surface area contributed by atoms with Crippen LogP contribution in [0.5, 0.6) is 5.75 Å². The number of benzene rings is 1. The summed E-state index contributed by atoms with van der Waals surface area (Å²) < 4.78 is 5.93. The normalized spacial score (nSPS) is 17.7. The van der Waals surface area contributed by atoms with Crippen molar-refractivity contribution in [2.45, 2.75) is 45.6 Å². The maximum Gasteiger partial charge on any atom is 0.127 e. The third-order valence-electron chi connectivity index (χ3n) is 3.92. The Labute approximate surface area is 111 Å². The van der Waals surface area contributed by atoms with Gasteiger partial charge in [0.1, 0.15) is 5.75 Å². The van der Waals surface area contributed by atoms with E-state index in [1.807, 2.05) is 0 Å². The van der Waals surface area contributed by atoms with Crippen LogP contribution in [0.1, 0.15) is 50.3 Å². The third kappa shape index (κ3) is 2.69. The Morgan fingerprint density at radius 1 is 1.39 bits per heavy atom. The summed E-state index contributed by atoms with van der Waals surface area (Å²) in [5.74, 6) is 1.78. The van der Waals surface area contributed by atoms with E-state index in [9.17, 15) is 0 Å². The molecular weight excluding hydrogens is 222 g/mol. The molecule has 2 unspecified atom stereocenters. The van der Waals surface area contributed by atoms with E-state index in [4.69, 9.17) is 4.74 Å². The fraction of sp³-hybridized carbons (Fsp3) is 0.625. The van der Waals surface area contributed by atoms with Crippen LogP contribution in [0.15, 0.2) is 18.2 Å². The summed E-state index contributed by atoms with van der Waals surface area (Å²) in [7, 11) is 2.05. The summed E-state index contributed by atoms with van der Waals surface area (Å²) in [5, 5.41) is 3.47. The average molecular weight is 247 g/mol. The highest BCUT2D eigenvalue weighted by Gasteiger charge is 2.23. The van der Waals surface area contributed by atoms with Gasteiger partial charge in [0.2, 0.25) is 0 Å². The first-order valence-electron chi connectivity index (χ1n) is 7.19. The molecule has 0 aliphatic carbocycles. The van der Waals surface area contributed by atoms with Crippen molar-refractivity contribution >= 4 is 0 Å². The van der Waals surface area contributed by atoms with Crippen molar-refractivity contribution in [3.63, 3.8) is 0 Å². The second-order valence-corrected chi connectivity index (χ2v) is 5.32. The Morgan fingerprint density at radius 3 is 2.94 bits per heavy atom. The molecule has 100 valence electrons. The summed E-state index contributed by atoms with van der Waals surface area (Å²) in [4.78, 5) is 0. The standard InChI is InChI=1S/C16H25NO/c1-4-7-12(2)15(17-3)14-10-5-8-13-9-6-11-18-16(13)14/h5,8,10,12,15,17H,4,6-7,9,11H2,1-3H3. The number of fused-ring (bicyclic) bond motifs is 1. The number of hydrogen-bond acceptors (Lipinski definition) is 2. The smallest absolute Gasteiger partial charge is 0.127 e. The molecule has 0 amide bonds. The zero-order valence-corrected chi connectivity index (χ0v) is 11.8. The van der Waals surface area contributed by atoms with Crippen LogP contribution >= 0.6 is 0 Å². The molecule has 0 saturated heterocycles. The van der Waals surface area contributed by atoms with E-state index >= 15 is 0 Å². The van der Waals surface area contributed by atoms with Crippen molar-refractivity contribution in [2.75, 3.05) is 13.7 Å². The molecule has 0 bridgehead atoms. The van der Waals surface area contributed by atoms with E-state index in [-0.39, 0.29) is 0 Å². The van der Waals surface area contributed by atoms with Crippen molar-refractivity contribution in [3.8, 4) is 5.75 Å². The first-order valence-corrected chi connectivity index (χ1v) is 7.19. The fourth-order valence-corrected chi connectivity index (χ4v) is 3.03. The number of hydrogen-bond donors (Lipinski definition) is 1. The molecule has 0 saturated carbocycles. The molecule has 1 aliphatic rings. The maximum absolute atomic E-state index is 5.93. The zero-order chi connectivity index (χ0) is 13.0. The molecule has 0 aromatic heterocycles. The van der Waals surface area contributed by atoms with Crippen molar-refractivity contribution in [1.82, 2.24) is 5.32 Å². The van der Waals surface area contributed by atoms with Crippen molar-refractivity contribution in [1.29, 1.82) is 0 Å². The minimum absolute atomic E-state index is 0.401. The predicted octanol–water partition coefficient (Wildman–Crippen LogP) is 3.71. The third-order valence-corrected chi connectivity index (χ3v) is 3.92. The fourth-order valence-electron chi connectivity index (χ4n) is 3.03. The highest BCUT2D eigenvalue weighted by Crippen LogP contribution is 2.36. The minimum atomic E-state index is 0.401. The molecule has 0 spiro atoms. The molecule has 1 aromatic rings. The second kappa shape index (κ2) is 6.24. The van der Waals surface area contributed by atoms with Crippen LogP contribution in [-0.2, 0) is 6.42 Å². The lowest BCUT2D eigenvalue weighted by Crippen LogP contribution is -2.25. The van der Waals surface area contributed by atoms with E-state index in [0.29, 0.717) is 12.0 Å². The van der Waals surface area contributed by atoms with Crippen molar-refractivity contribution in [2.24, 2.45) is 5.92 Å². The molecule has 18 heavy (non-hydrogen) atoms. The van der Waals surface area contributed by atoms with Crippen LogP contribution in [0, 0.1) is 5.92 Å². The molecule has 2 heteroatoms. The van der Waals surface area contributed by atoms with Gasteiger partial charge in [0.15, 0.2) is 0 Å². The van der Waals surface area contributed by atoms with Gasteiger partial charge in [0, 0.05) is 11.6 Å². The Bertz CT molecular complexity index is 389. The number of ether oxygens (including phenoxy) is 1. The van der Waals surface area contributed by atoms with Crippen LogP contribution in [0.3, 0.4) is 0 Å². The lowest BCUT2D eigenvalue weighted by Gasteiger charge is -2.28. The van der Waals surface area contributed by atoms with Gasteiger partial charge in [-0.15, -0.1) is 0 Å². The average Bonchev–Trinajstić information content (AvgIpc) is 2.40. The maximum atomic E-state index is 5.93. The van der Waals surface area contributed by atoms with Crippen LogP contribution in [0.2, 0.25) is 0 Å². The number of rotatable bonds is 5. The molecule has 2 rings (SSSR count). The molecule has 1 aliphatic heterocycles. The Morgan fingerprint density at radius 2 is 2.22 bits per heavy atom.